The van der Waals surface area contributed by atoms with Crippen molar-refractivity contribution < 1.29 is 14.0 Å². The Morgan fingerprint density at radius 1 is 1.22 bits per heavy atom. The molecule has 1 rings (SSSR count). The van der Waals surface area contributed by atoms with Crippen molar-refractivity contribution in [2.75, 3.05) is 6.54 Å². The average molecular weight is 345 g/mol. The summed E-state index contributed by atoms with van der Waals surface area (Å²) in [5.74, 6) is 0. The molecule has 0 radical (unpaired) electrons. The topological polar surface area (TPSA) is 64.8 Å². The fraction of sp³-hybridized carbons (Fsp3) is 0.941. The SMILES string of the molecule is C[C@@H](N)[C@@H]1[C@H](O[Si](C)(C)C(C)(C)C)CCN1C(=O)OC(C)(C)C. The zero-order valence-corrected chi connectivity index (χ0v) is 17.4. The number of hydrogen-bond donors (Lipinski definition) is 1. The molecular weight excluding hydrogens is 308 g/mol. The third kappa shape index (κ3) is 5.19. The van der Waals surface area contributed by atoms with Gasteiger partial charge in [-0.2, -0.15) is 0 Å². The van der Waals surface area contributed by atoms with E-state index >= 15 is 0 Å². The maximum atomic E-state index is 12.5. The number of carbonyl (C=O) groups excluding carboxylic acids is 1. The Labute approximate surface area is 143 Å². The van der Waals surface area contributed by atoms with Crippen LogP contribution in [-0.4, -0.2) is 49.6 Å². The predicted octanol–water partition coefficient (Wildman–Crippen LogP) is 3.73. The number of hydrogen-bond acceptors (Lipinski definition) is 4. The fourth-order valence-corrected chi connectivity index (χ4v) is 3.99. The molecule has 0 aromatic carbocycles. The summed E-state index contributed by atoms with van der Waals surface area (Å²) in [7, 11) is -1.90. The van der Waals surface area contributed by atoms with Gasteiger partial charge in [-0.3, -0.25) is 0 Å². The zero-order chi connectivity index (χ0) is 18.2. The summed E-state index contributed by atoms with van der Waals surface area (Å²) in [6.07, 6.45) is 0.516. The van der Waals surface area contributed by atoms with Crippen molar-refractivity contribution in [3.63, 3.8) is 0 Å². The second kappa shape index (κ2) is 6.73. The van der Waals surface area contributed by atoms with Gasteiger partial charge in [-0.1, -0.05) is 20.8 Å². The van der Waals surface area contributed by atoms with Gasteiger partial charge in [-0.15, -0.1) is 0 Å². The van der Waals surface area contributed by atoms with E-state index in [4.69, 9.17) is 14.9 Å². The van der Waals surface area contributed by atoms with Gasteiger partial charge in [-0.25, -0.2) is 4.79 Å². The lowest BCUT2D eigenvalue weighted by molar-refractivity contribution is 0.0138. The van der Waals surface area contributed by atoms with Crippen molar-refractivity contribution in [3.05, 3.63) is 0 Å². The first-order chi connectivity index (χ1) is 10.2. The van der Waals surface area contributed by atoms with E-state index in [1.165, 1.54) is 0 Å². The van der Waals surface area contributed by atoms with Crippen LogP contribution in [0.3, 0.4) is 0 Å². The molecule has 5 nitrogen and oxygen atoms in total. The Hall–Kier alpha value is -0.593. The fourth-order valence-electron chi connectivity index (χ4n) is 2.63. The number of ether oxygens (including phenoxy) is 1. The van der Waals surface area contributed by atoms with E-state index in [1.54, 1.807) is 4.90 Å². The summed E-state index contributed by atoms with van der Waals surface area (Å²) in [5, 5.41) is 0.134. The molecule has 0 saturated carbocycles. The normalized spacial score (nSPS) is 24.7. The largest absolute Gasteiger partial charge is 0.444 e. The maximum Gasteiger partial charge on any atom is 0.410 e. The molecule has 1 heterocycles. The number of carbonyl (C=O) groups is 1. The summed E-state index contributed by atoms with van der Waals surface area (Å²) in [6.45, 7) is 19.4. The first-order valence-electron chi connectivity index (χ1n) is 8.59. The molecule has 0 aromatic rings. The molecule has 0 aromatic heterocycles. The Morgan fingerprint density at radius 2 is 1.74 bits per heavy atom. The van der Waals surface area contributed by atoms with Crippen molar-refractivity contribution in [2.45, 2.75) is 96.8 Å². The van der Waals surface area contributed by atoms with Gasteiger partial charge in [0, 0.05) is 12.6 Å². The van der Waals surface area contributed by atoms with Crippen LogP contribution in [0.25, 0.3) is 0 Å². The molecule has 0 spiro atoms. The second-order valence-corrected chi connectivity index (χ2v) is 14.0. The van der Waals surface area contributed by atoms with Crippen molar-refractivity contribution in [3.8, 4) is 0 Å². The minimum absolute atomic E-state index is 0.0107. The number of likely N-dealkylation sites (tertiary alicyclic amines) is 1. The van der Waals surface area contributed by atoms with E-state index in [1.807, 2.05) is 27.7 Å². The van der Waals surface area contributed by atoms with Gasteiger partial charge in [-0.05, 0) is 52.2 Å². The van der Waals surface area contributed by atoms with Crippen LogP contribution in [0.5, 0.6) is 0 Å². The molecule has 3 atom stereocenters. The molecule has 1 saturated heterocycles. The molecule has 6 heteroatoms. The van der Waals surface area contributed by atoms with Gasteiger partial charge in [0.25, 0.3) is 0 Å². The van der Waals surface area contributed by atoms with E-state index < -0.39 is 13.9 Å². The van der Waals surface area contributed by atoms with Gasteiger partial charge in [0.1, 0.15) is 5.60 Å². The van der Waals surface area contributed by atoms with Gasteiger partial charge in [0.2, 0.25) is 0 Å². The minimum Gasteiger partial charge on any atom is -0.444 e. The third-order valence-electron chi connectivity index (χ3n) is 4.81. The molecule has 1 aliphatic rings. The number of amides is 1. The lowest BCUT2D eigenvalue weighted by atomic mass is 10.1. The van der Waals surface area contributed by atoms with Crippen LogP contribution in [0, 0.1) is 0 Å². The highest BCUT2D eigenvalue weighted by Crippen LogP contribution is 2.39. The van der Waals surface area contributed by atoms with E-state index in [-0.39, 0.29) is 29.3 Å². The van der Waals surface area contributed by atoms with E-state index in [0.717, 1.165) is 6.42 Å². The Bertz CT molecular complexity index is 425. The van der Waals surface area contributed by atoms with Crippen molar-refractivity contribution in [1.29, 1.82) is 0 Å². The first kappa shape index (κ1) is 20.5. The summed E-state index contributed by atoms with van der Waals surface area (Å²) < 4.78 is 12.1. The Balaban J connectivity index is 2.91. The molecule has 2 N–H and O–H groups in total. The monoisotopic (exact) mass is 344 g/mol. The van der Waals surface area contributed by atoms with E-state index in [2.05, 4.69) is 33.9 Å². The molecule has 0 bridgehead atoms. The number of nitrogens with two attached hydrogens (primary N) is 1. The molecule has 1 amide bonds. The molecule has 0 unspecified atom stereocenters. The standard InChI is InChI=1S/C17H36N2O3Si/c1-12(18)14-13(22-23(8,9)17(5,6)7)10-11-19(14)15(20)21-16(2,3)4/h12-14H,10-11,18H2,1-9H3/t12-,13-,14-/m1/s1. The number of rotatable bonds is 3. The van der Waals surface area contributed by atoms with Gasteiger partial charge < -0.3 is 19.8 Å². The van der Waals surface area contributed by atoms with Crippen molar-refractivity contribution in [1.82, 2.24) is 4.90 Å². The average Bonchev–Trinajstić information content (AvgIpc) is 2.67. The quantitative estimate of drug-likeness (QED) is 0.792. The van der Waals surface area contributed by atoms with Crippen LogP contribution < -0.4 is 5.73 Å². The highest BCUT2D eigenvalue weighted by Gasteiger charge is 2.47. The summed E-state index contributed by atoms with van der Waals surface area (Å²) in [5.41, 5.74) is 5.69. The van der Waals surface area contributed by atoms with Crippen molar-refractivity contribution in [2.24, 2.45) is 5.73 Å². The van der Waals surface area contributed by atoms with Crippen LogP contribution in [0.2, 0.25) is 18.1 Å². The van der Waals surface area contributed by atoms with Gasteiger partial charge in [0.05, 0.1) is 12.1 Å². The Kier molecular flexibility index (Phi) is 5.98. The first-order valence-corrected chi connectivity index (χ1v) is 11.5. The number of nitrogens with zero attached hydrogens (tertiary/aromatic N) is 1. The molecular formula is C17H36N2O3Si. The maximum absolute atomic E-state index is 12.5. The summed E-state index contributed by atoms with van der Waals surface area (Å²) in [6, 6.07) is -0.279. The van der Waals surface area contributed by atoms with Crippen LogP contribution in [0.15, 0.2) is 0 Å². The molecule has 23 heavy (non-hydrogen) atoms. The molecule has 1 fully saturated rings. The third-order valence-corrected chi connectivity index (χ3v) is 9.32. The molecule has 136 valence electrons. The Morgan fingerprint density at radius 3 is 2.13 bits per heavy atom. The smallest absolute Gasteiger partial charge is 0.410 e. The highest BCUT2D eigenvalue weighted by molar-refractivity contribution is 6.74. The summed E-state index contributed by atoms with van der Waals surface area (Å²) >= 11 is 0. The van der Waals surface area contributed by atoms with Gasteiger partial charge >= 0.3 is 6.09 Å². The van der Waals surface area contributed by atoms with E-state index in [9.17, 15) is 4.79 Å². The van der Waals surface area contributed by atoms with Crippen LogP contribution in [0.4, 0.5) is 4.79 Å². The minimum atomic E-state index is -1.90. The predicted molar refractivity (Wildman–Crippen MR) is 97.1 cm³/mol. The zero-order valence-electron chi connectivity index (χ0n) is 16.4. The van der Waals surface area contributed by atoms with Crippen LogP contribution in [-0.2, 0) is 9.16 Å². The summed E-state index contributed by atoms with van der Waals surface area (Å²) in [4.78, 5) is 14.2. The van der Waals surface area contributed by atoms with Crippen molar-refractivity contribution >= 4 is 14.4 Å². The second-order valence-electron chi connectivity index (χ2n) is 9.23. The lowest BCUT2D eigenvalue weighted by Gasteiger charge is -2.41. The van der Waals surface area contributed by atoms with Crippen LogP contribution >= 0.6 is 0 Å². The lowest BCUT2D eigenvalue weighted by Crippen LogP contribution is -2.54. The van der Waals surface area contributed by atoms with Crippen LogP contribution in [0.1, 0.15) is 54.9 Å². The molecule has 1 aliphatic heterocycles. The highest BCUT2D eigenvalue weighted by atomic mass is 28.4. The molecule has 0 aliphatic carbocycles. The van der Waals surface area contributed by atoms with E-state index in [0.29, 0.717) is 6.54 Å². The van der Waals surface area contributed by atoms with Gasteiger partial charge in [0.15, 0.2) is 8.32 Å².